The zero-order chi connectivity index (χ0) is 7.49. The normalized spacial score (nSPS) is 17.9. The molecule has 0 aliphatic carbocycles. The molecule has 0 aromatic rings. The van der Waals surface area contributed by atoms with Crippen LogP contribution in [0.4, 0.5) is 0 Å². The molecule has 0 radical (unpaired) electrons. The fraction of sp³-hybridized carbons (Fsp3) is 1.00. The molecule has 0 amide bonds. The Labute approximate surface area is 58.2 Å². The lowest BCUT2D eigenvalue weighted by molar-refractivity contribution is 0.571. The van der Waals surface area contributed by atoms with Gasteiger partial charge in [0.25, 0.3) is 0 Å². The van der Waals surface area contributed by atoms with Gasteiger partial charge in [0.15, 0.2) is 0 Å². The Balaban J connectivity index is 3.87. The summed E-state index contributed by atoms with van der Waals surface area (Å²) >= 11 is 0. The van der Waals surface area contributed by atoms with Gasteiger partial charge in [-0.3, -0.25) is 0 Å². The predicted octanol–water partition coefficient (Wildman–Crippen LogP) is 2.80. The molecule has 1 atom stereocenters. The van der Waals surface area contributed by atoms with Crippen molar-refractivity contribution in [1.82, 2.24) is 0 Å². The molecule has 56 valence electrons. The third-order valence-electron chi connectivity index (χ3n) is 1.76. The first-order valence-corrected chi connectivity index (χ1v) is 5.97. The van der Waals surface area contributed by atoms with E-state index in [9.17, 15) is 4.57 Å². The van der Waals surface area contributed by atoms with Crippen molar-refractivity contribution in [3.63, 3.8) is 0 Å². The van der Waals surface area contributed by atoms with Gasteiger partial charge in [-0.1, -0.05) is 20.8 Å². The lowest BCUT2D eigenvalue weighted by Crippen LogP contribution is -1.99. The van der Waals surface area contributed by atoms with Crippen molar-refractivity contribution in [1.29, 1.82) is 0 Å². The number of hydrogen-bond acceptors (Lipinski definition) is 1. The molecule has 1 unspecified atom stereocenters. The van der Waals surface area contributed by atoms with Gasteiger partial charge in [-0.25, -0.2) is 0 Å². The van der Waals surface area contributed by atoms with Crippen LogP contribution in [0.25, 0.3) is 0 Å². The summed E-state index contributed by atoms with van der Waals surface area (Å²) in [6.45, 7) is 8.06. The molecule has 0 heterocycles. The average Bonchev–Trinajstić information content (AvgIpc) is 1.65. The SMILES string of the molecule is CCCP(C)(=O)C(C)C. The van der Waals surface area contributed by atoms with Gasteiger partial charge < -0.3 is 4.57 Å². The van der Waals surface area contributed by atoms with Gasteiger partial charge in [0, 0.05) is 11.8 Å². The van der Waals surface area contributed by atoms with Crippen LogP contribution in [0.15, 0.2) is 0 Å². The molecule has 0 aliphatic heterocycles. The Morgan fingerprint density at radius 2 is 1.89 bits per heavy atom. The van der Waals surface area contributed by atoms with Crippen LogP contribution in [0, 0.1) is 0 Å². The van der Waals surface area contributed by atoms with E-state index in [0.717, 1.165) is 12.6 Å². The van der Waals surface area contributed by atoms with Crippen molar-refractivity contribution in [2.75, 3.05) is 12.8 Å². The summed E-state index contributed by atoms with van der Waals surface area (Å²) in [5, 5.41) is 0. The molecule has 0 rings (SSSR count). The van der Waals surface area contributed by atoms with Gasteiger partial charge in [-0.2, -0.15) is 0 Å². The minimum absolute atomic E-state index is 0.373. The Bertz CT molecular complexity index is 118. The molecule has 0 aromatic heterocycles. The van der Waals surface area contributed by atoms with E-state index < -0.39 is 7.14 Å². The van der Waals surface area contributed by atoms with Gasteiger partial charge in [-0.05, 0) is 13.1 Å². The van der Waals surface area contributed by atoms with E-state index >= 15 is 0 Å². The van der Waals surface area contributed by atoms with Crippen LogP contribution in [0.5, 0.6) is 0 Å². The van der Waals surface area contributed by atoms with E-state index in [1.54, 1.807) is 0 Å². The fourth-order valence-electron chi connectivity index (χ4n) is 0.702. The molecule has 0 N–H and O–H groups in total. The van der Waals surface area contributed by atoms with Gasteiger partial charge in [0.2, 0.25) is 0 Å². The Morgan fingerprint density at radius 1 is 1.44 bits per heavy atom. The van der Waals surface area contributed by atoms with Crippen molar-refractivity contribution < 1.29 is 4.57 Å². The van der Waals surface area contributed by atoms with Crippen LogP contribution in [-0.2, 0) is 4.57 Å². The lowest BCUT2D eigenvalue weighted by Gasteiger charge is -2.14. The quantitative estimate of drug-likeness (QED) is 0.562. The first kappa shape index (κ1) is 9.23. The summed E-state index contributed by atoms with van der Waals surface area (Å²) < 4.78 is 11.5. The minimum Gasteiger partial charge on any atom is -0.324 e. The van der Waals surface area contributed by atoms with E-state index in [0.29, 0.717) is 5.66 Å². The zero-order valence-corrected chi connectivity index (χ0v) is 7.74. The first-order valence-electron chi connectivity index (χ1n) is 3.57. The van der Waals surface area contributed by atoms with E-state index in [4.69, 9.17) is 0 Å². The van der Waals surface area contributed by atoms with Gasteiger partial charge >= 0.3 is 0 Å². The molecule has 9 heavy (non-hydrogen) atoms. The van der Waals surface area contributed by atoms with Gasteiger partial charge in [0.05, 0.1) is 7.14 Å². The molecule has 0 saturated carbocycles. The zero-order valence-electron chi connectivity index (χ0n) is 6.85. The monoisotopic (exact) mass is 148 g/mol. The molecular weight excluding hydrogens is 131 g/mol. The molecule has 2 heteroatoms. The summed E-state index contributed by atoms with van der Waals surface area (Å²) in [6, 6.07) is 0. The van der Waals surface area contributed by atoms with Gasteiger partial charge in [-0.15, -0.1) is 0 Å². The summed E-state index contributed by atoms with van der Waals surface area (Å²) in [5.41, 5.74) is 0.373. The standard InChI is InChI=1S/C7H17OP/c1-5-6-9(4,8)7(2)3/h7H,5-6H2,1-4H3. The summed E-state index contributed by atoms with van der Waals surface area (Å²) in [4.78, 5) is 0. The second-order valence-electron chi connectivity index (χ2n) is 2.99. The average molecular weight is 148 g/mol. The van der Waals surface area contributed by atoms with E-state index in [1.165, 1.54) is 0 Å². The third kappa shape index (κ3) is 3.05. The van der Waals surface area contributed by atoms with Crippen LogP contribution in [0.2, 0.25) is 0 Å². The van der Waals surface area contributed by atoms with Crippen molar-refractivity contribution in [3.8, 4) is 0 Å². The van der Waals surface area contributed by atoms with Crippen molar-refractivity contribution in [2.45, 2.75) is 32.9 Å². The van der Waals surface area contributed by atoms with Crippen LogP contribution >= 0.6 is 7.14 Å². The highest BCUT2D eigenvalue weighted by Crippen LogP contribution is 2.46. The van der Waals surface area contributed by atoms with Crippen LogP contribution in [-0.4, -0.2) is 18.5 Å². The second kappa shape index (κ2) is 3.41. The summed E-state index contributed by atoms with van der Waals surface area (Å²) in [7, 11) is -1.76. The molecule has 0 fully saturated rings. The highest BCUT2D eigenvalue weighted by molar-refractivity contribution is 7.63. The maximum Gasteiger partial charge on any atom is 0.0872 e. The molecule has 0 saturated heterocycles. The number of rotatable bonds is 3. The van der Waals surface area contributed by atoms with Crippen molar-refractivity contribution in [3.05, 3.63) is 0 Å². The van der Waals surface area contributed by atoms with E-state index in [1.807, 2.05) is 20.5 Å². The second-order valence-corrected chi connectivity index (χ2v) is 6.82. The Morgan fingerprint density at radius 3 is 2.00 bits per heavy atom. The maximum absolute atomic E-state index is 11.5. The summed E-state index contributed by atoms with van der Waals surface area (Å²) in [5.74, 6) is 0. The molecule has 0 aromatic carbocycles. The molecule has 1 nitrogen and oxygen atoms in total. The fourth-order valence-corrected chi connectivity index (χ4v) is 2.11. The topological polar surface area (TPSA) is 17.1 Å². The maximum atomic E-state index is 11.5. The lowest BCUT2D eigenvalue weighted by atomic mass is 10.6. The smallest absolute Gasteiger partial charge is 0.0872 e. The molecule has 0 aliphatic rings. The van der Waals surface area contributed by atoms with E-state index in [-0.39, 0.29) is 0 Å². The van der Waals surface area contributed by atoms with Crippen molar-refractivity contribution in [2.24, 2.45) is 0 Å². The highest BCUT2D eigenvalue weighted by atomic mass is 31.2. The van der Waals surface area contributed by atoms with Crippen LogP contribution in [0.3, 0.4) is 0 Å². The summed E-state index contributed by atoms with van der Waals surface area (Å²) in [6.07, 6.45) is 1.95. The predicted molar refractivity (Wildman–Crippen MR) is 43.8 cm³/mol. The molecular formula is C7H17OP. The molecule has 0 spiro atoms. The first-order chi connectivity index (χ1) is 4.00. The largest absolute Gasteiger partial charge is 0.324 e. The highest BCUT2D eigenvalue weighted by Gasteiger charge is 2.17. The van der Waals surface area contributed by atoms with E-state index in [2.05, 4.69) is 6.92 Å². The third-order valence-corrected chi connectivity index (χ3v) is 5.28. The Kier molecular flexibility index (Phi) is 3.50. The van der Waals surface area contributed by atoms with Crippen LogP contribution in [0.1, 0.15) is 27.2 Å². The number of hydrogen-bond donors (Lipinski definition) is 0. The van der Waals surface area contributed by atoms with Gasteiger partial charge in [0.1, 0.15) is 0 Å². The minimum atomic E-state index is -1.76. The van der Waals surface area contributed by atoms with Crippen molar-refractivity contribution >= 4 is 7.14 Å². The molecule has 0 bridgehead atoms. The Hall–Kier alpha value is 0.230. The van der Waals surface area contributed by atoms with Crippen LogP contribution < -0.4 is 0 Å².